The fraction of sp³-hybridized carbons (Fsp3) is 0.812. The van der Waals surface area contributed by atoms with Crippen molar-refractivity contribution in [2.75, 3.05) is 32.1 Å². The first kappa shape index (κ1) is 26.1. The van der Waals surface area contributed by atoms with Crippen LogP contribution in [0.2, 0.25) is 0 Å². The van der Waals surface area contributed by atoms with Gasteiger partial charge in [-0.05, 0) is 13.3 Å². The van der Waals surface area contributed by atoms with E-state index in [0.29, 0.717) is 0 Å². The van der Waals surface area contributed by atoms with Crippen LogP contribution in [0.3, 0.4) is 0 Å². The molecular formula is C16H29NO10S. The Morgan fingerprint density at radius 3 is 2.25 bits per heavy atom. The average Bonchev–Trinajstić information content (AvgIpc) is 2.57. The van der Waals surface area contributed by atoms with Crippen LogP contribution in [0.5, 0.6) is 0 Å². The third kappa shape index (κ3) is 8.85. The fourth-order valence-electron chi connectivity index (χ4n) is 2.11. The number of amides is 1. The van der Waals surface area contributed by atoms with Crippen LogP contribution in [0.15, 0.2) is 0 Å². The molecule has 0 heterocycles. The van der Waals surface area contributed by atoms with Crippen molar-refractivity contribution in [1.82, 2.24) is 5.32 Å². The minimum absolute atomic E-state index is 0.0706. The lowest BCUT2D eigenvalue weighted by atomic mass is 9.73. The highest BCUT2D eigenvalue weighted by Crippen LogP contribution is 2.35. The van der Waals surface area contributed by atoms with Crippen LogP contribution < -0.4 is 5.32 Å². The van der Waals surface area contributed by atoms with Gasteiger partial charge in [0, 0.05) is 25.3 Å². The molecule has 0 aromatic rings. The zero-order valence-electron chi connectivity index (χ0n) is 16.5. The molecule has 1 atom stereocenters. The van der Waals surface area contributed by atoms with Crippen molar-refractivity contribution >= 4 is 28.1 Å². The number of carboxylic acids is 1. The molecule has 12 heteroatoms. The topological polar surface area (TPSA) is 166 Å². The van der Waals surface area contributed by atoms with Crippen molar-refractivity contribution in [1.29, 1.82) is 0 Å². The fourth-order valence-corrected chi connectivity index (χ4v) is 3.20. The van der Waals surface area contributed by atoms with Gasteiger partial charge in [0.05, 0.1) is 25.6 Å². The van der Waals surface area contributed by atoms with Crippen LogP contribution in [-0.2, 0) is 33.4 Å². The summed E-state index contributed by atoms with van der Waals surface area (Å²) in [7, 11) is -4.00. The van der Waals surface area contributed by atoms with Crippen LogP contribution in [0.1, 0.15) is 40.5 Å². The molecule has 0 saturated carbocycles. The number of carbonyl (C=O) groups is 3. The van der Waals surface area contributed by atoms with Crippen LogP contribution in [0.4, 0.5) is 4.79 Å². The number of aliphatic carboxylic acids is 1. The lowest BCUT2D eigenvalue weighted by Gasteiger charge is -2.38. The molecule has 0 aromatic heterocycles. The smallest absolute Gasteiger partial charge is 0.479 e. The molecule has 0 aliphatic heterocycles. The summed E-state index contributed by atoms with van der Waals surface area (Å²) in [6.45, 7) is 4.65. The lowest BCUT2D eigenvalue weighted by Crippen LogP contribution is -2.54. The summed E-state index contributed by atoms with van der Waals surface area (Å²) in [6, 6.07) is 0. The molecular weight excluding hydrogens is 398 g/mol. The maximum atomic E-state index is 11.9. The second-order valence-corrected chi connectivity index (χ2v) is 8.45. The molecule has 0 radical (unpaired) electrons. The van der Waals surface area contributed by atoms with Crippen LogP contribution in [0.25, 0.3) is 0 Å². The molecule has 0 saturated heterocycles. The van der Waals surface area contributed by atoms with Gasteiger partial charge in [-0.15, -0.1) is 0 Å². The van der Waals surface area contributed by atoms with Gasteiger partial charge in [0.2, 0.25) is 5.91 Å². The quantitative estimate of drug-likeness (QED) is 0.211. The van der Waals surface area contributed by atoms with Gasteiger partial charge in [-0.25, -0.2) is 9.59 Å². The number of ether oxygens (including phenoxy) is 2. The van der Waals surface area contributed by atoms with Crippen molar-refractivity contribution < 1.29 is 46.7 Å². The van der Waals surface area contributed by atoms with Crippen LogP contribution >= 0.6 is 0 Å². The Hall–Kier alpha value is -1.92. The van der Waals surface area contributed by atoms with E-state index in [9.17, 15) is 33.0 Å². The molecule has 0 bridgehead atoms. The summed E-state index contributed by atoms with van der Waals surface area (Å²) in [5.41, 5.74) is -3.97. The van der Waals surface area contributed by atoms with Crippen molar-refractivity contribution in [3.8, 4) is 0 Å². The Morgan fingerprint density at radius 1 is 1.14 bits per heavy atom. The van der Waals surface area contributed by atoms with E-state index in [1.165, 1.54) is 20.8 Å². The number of nitrogens with one attached hydrogen (secondary N) is 1. The molecule has 0 unspecified atom stereocenters. The highest BCUT2D eigenvalue weighted by Gasteiger charge is 2.51. The molecule has 1 amide bonds. The van der Waals surface area contributed by atoms with Crippen molar-refractivity contribution in [2.24, 2.45) is 5.41 Å². The highest BCUT2D eigenvalue weighted by molar-refractivity contribution is 7.86. The number of hydrogen-bond donors (Lipinski definition) is 3. The van der Waals surface area contributed by atoms with Gasteiger partial charge in [-0.3, -0.25) is 8.98 Å². The third-order valence-electron chi connectivity index (χ3n) is 3.96. The second-order valence-electron chi connectivity index (χ2n) is 6.69. The summed E-state index contributed by atoms with van der Waals surface area (Å²) in [6.07, 6.45) is -1.40. The lowest BCUT2D eigenvalue weighted by molar-refractivity contribution is -0.178. The van der Waals surface area contributed by atoms with Crippen LogP contribution in [-0.4, -0.2) is 74.4 Å². The van der Waals surface area contributed by atoms with E-state index in [1.807, 2.05) is 0 Å². The minimum atomic E-state index is -4.00. The monoisotopic (exact) mass is 427 g/mol. The predicted molar refractivity (Wildman–Crippen MR) is 97.0 cm³/mol. The summed E-state index contributed by atoms with van der Waals surface area (Å²) in [4.78, 5) is 33.5. The first-order valence-electron chi connectivity index (χ1n) is 8.64. The summed E-state index contributed by atoms with van der Waals surface area (Å²) < 4.78 is 38.0. The second kappa shape index (κ2) is 11.2. The van der Waals surface area contributed by atoms with Crippen molar-refractivity contribution in [3.63, 3.8) is 0 Å². The molecule has 0 aliphatic rings. The van der Waals surface area contributed by atoms with E-state index >= 15 is 0 Å². The molecule has 0 spiro atoms. The Balaban J connectivity index is 4.86. The predicted octanol–water partition coefficient (Wildman–Crippen LogP) is 0.264. The number of hydrogen-bond acceptors (Lipinski definition) is 9. The maximum absolute atomic E-state index is 11.9. The van der Waals surface area contributed by atoms with Gasteiger partial charge in [-0.1, -0.05) is 13.8 Å². The first-order chi connectivity index (χ1) is 12.8. The molecule has 0 fully saturated rings. The van der Waals surface area contributed by atoms with E-state index in [-0.39, 0.29) is 31.2 Å². The molecule has 11 nitrogen and oxygen atoms in total. The summed E-state index contributed by atoms with van der Waals surface area (Å²) in [5, 5.41) is 22.4. The average molecular weight is 427 g/mol. The van der Waals surface area contributed by atoms with Crippen molar-refractivity contribution in [3.05, 3.63) is 0 Å². The normalized spacial score (nSPS) is 14.0. The van der Waals surface area contributed by atoms with Crippen molar-refractivity contribution in [2.45, 2.75) is 46.1 Å². The van der Waals surface area contributed by atoms with Gasteiger partial charge in [0.15, 0.2) is 5.60 Å². The van der Waals surface area contributed by atoms with Gasteiger partial charge >= 0.3 is 12.1 Å². The van der Waals surface area contributed by atoms with E-state index in [0.717, 1.165) is 0 Å². The molecule has 0 rings (SSSR count). The number of aliphatic hydroxyl groups is 1. The largest absolute Gasteiger partial charge is 0.508 e. The Morgan fingerprint density at radius 2 is 1.75 bits per heavy atom. The maximum Gasteiger partial charge on any atom is 0.508 e. The zero-order valence-corrected chi connectivity index (χ0v) is 17.3. The van der Waals surface area contributed by atoms with Gasteiger partial charge in [-0.2, -0.15) is 8.42 Å². The van der Waals surface area contributed by atoms with Crippen LogP contribution in [0, 0.1) is 5.41 Å². The van der Waals surface area contributed by atoms with E-state index in [4.69, 9.17) is 4.18 Å². The molecule has 3 N–H and O–H groups in total. The third-order valence-corrected chi connectivity index (χ3v) is 5.23. The SMILES string of the molecule is CCOC(=O)OCC[C@](O)(C(=O)O)C(C)(C)COS(=O)(=O)CCCNC(C)=O. The highest BCUT2D eigenvalue weighted by atomic mass is 32.2. The number of rotatable bonds is 13. The standard InChI is InChI=1S/C16H29NO10S/c1-5-25-14(21)26-9-7-16(22,13(19)20)15(3,4)11-27-28(23,24)10-6-8-17-12(2)18/h22H,5-11H2,1-4H3,(H,17,18)(H,19,20)/t16-/m0/s1. The summed E-state index contributed by atoms with van der Waals surface area (Å²) in [5.74, 6) is -2.30. The van der Waals surface area contributed by atoms with Gasteiger partial charge in [0.25, 0.3) is 10.1 Å². The number of carboxylic acid groups (broad SMARTS) is 1. The summed E-state index contributed by atoms with van der Waals surface area (Å²) >= 11 is 0. The minimum Gasteiger partial charge on any atom is -0.479 e. The Bertz CT molecular complexity index is 646. The zero-order chi connectivity index (χ0) is 22.0. The van der Waals surface area contributed by atoms with Gasteiger partial charge in [0.1, 0.15) is 0 Å². The Labute approximate surface area is 164 Å². The van der Waals surface area contributed by atoms with E-state index in [2.05, 4.69) is 14.8 Å². The molecule has 28 heavy (non-hydrogen) atoms. The Kier molecular flexibility index (Phi) is 10.4. The molecule has 0 aliphatic carbocycles. The van der Waals surface area contributed by atoms with E-state index < -0.39 is 52.9 Å². The molecule has 164 valence electrons. The molecule has 0 aromatic carbocycles. The first-order valence-corrected chi connectivity index (χ1v) is 10.2. The van der Waals surface area contributed by atoms with Gasteiger partial charge < -0.3 is 25.0 Å². The number of carbonyl (C=O) groups excluding carboxylic acids is 2. The van der Waals surface area contributed by atoms with E-state index in [1.54, 1.807) is 6.92 Å².